The van der Waals surface area contributed by atoms with Crippen LogP contribution in [-0.4, -0.2) is 14.5 Å². The highest BCUT2D eigenvalue weighted by Gasteiger charge is 2.02. The molecule has 0 rings (SSSR count). The van der Waals surface area contributed by atoms with Gasteiger partial charge in [-0.3, -0.25) is 4.39 Å². The predicted octanol–water partition coefficient (Wildman–Crippen LogP) is 1.42. The summed E-state index contributed by atoms with van der Waals surface area (Å²) in [4.78, 5) is 0. The first-order valence-electron chi connectivity index (χ1n) is 3.22. The third kappa shape index (κ3) is 4.16. The summed E-state index contributed by atoms with van der Waals surface area (Å²) < 4.78 is 11.7. The average molecular weight is 116 g/mol. The first kappa shape index (κ1) is 7.99. The summed E-state index contributed by atoms with van der Waals surface area (Å²) in [6.45, 7) is 3.89. The Morgan fingerprint density at radius 3 is 2.12 bits per heavy atom. The molecule has 0 aromatic carbocycles. The molecular formula is C6H14BF. The van der Waals surface area contributed by atoms with Gasteiger partial charge in [-0.25, -0.2) is 0 Å². The van der Waals surface area contributed by atoms with Crippen molar-refractivity contribution in [3.63, 3.8) is 0 Å². The molecule has 1 unspecified atom stereocenters. The van der Waals surface area contributed by atoms with Gasteiger partial charge in [-0.2, -0.15) is 0 Å². The summed E-state index contributed by atoms with van der Waals surface area (Å²) in [6, 6.07) is 0. The summed E-state index contributed by atoms with van der Waals surface area (Å²) >= 11 is 0. The molecule has 2 heteroatoms. The molecule has 0 nitrogen and oxygen atoms in total. The Morgan fingerprint density at radius 1 is 1.50 bits per heavy atom. The fourth-order valence-electron chi connectivity index (χ4n) is 0.868. The second kappa shape index (κ2) is 3.93. The van der Waals surface area contributed by atoms with Crippen molar-refractivity contribution in [3.8, 4) is 0 Å². The van der Waals surface area contributed by atoms with E-state index < -0.39 is 0 Å². The van der Waals surface area contributed by atoms with Gasteiger partial charge in [-0.15, -0.1) is 0 Å². The van der Waals surface area contributed by atoms with E-state index >= 15 is 0 Å². The van der Waals surface area contributed by atoms with E-state index in [9.17, 15) is 4.39 Å². The Labute approximate surface area is 51.9 Å². The smallest absolute Gasteiger partial charge is 0.105 e. The van der Waals surface area contributed by atoms with Crippen LogP contribution in [-0.2, 0) is 0 Å². The van der Waals surface area contributed by atoms with Crippen LogP contribution in [0, 0.1) is 5.92 Å². The quantitative estimate of drug-likeness (QED) is 0.489. The third-order valence-corrected chi connectivity index (χ3v) is 1.14. The normalized spacial score (nSPS) is 17.9. The van der Waals surface area contributed by atoms with Crippen LogP contribution in [0.5, 0.6) is 0 Å². The minimum Gasteiger partial charge on any atom is -0.251 e. The Kier molecular flexibility index (Phi) is 3.93. The SMILES string of the molecule is B[C@H](C)CC(C)CF. The maximum absolute atomic E-state index is 11.7. The number of hydrogen-bond acceptors (Lipinski definition) is 0. The molecule has 0 saturated heterocycles. The molecule has 8 heavy (non-hydrogen) atoms. The number of rotatable bonds is 3. The standard InChI is InChI=1S/C6H14BF/c1-5(4-8)3-6(2)7/h5-6H,3-4,7H2,1-2H3/t5?,6-/m1/s1. The highest BCUT2D eigenvalue weighted by atomic mass is 19.1. The molecule has 0 saturated carbocycles. The lowest BCUT2D eigenvalue weighted by molar-refractivity contribution is 0.364. The van der Waals surface area contributed by atoms with Crippen molar-refractivity contribution in [3.05, 3.63) is 0 Å². The predicted molar refractivity (Wildman–Crippen MR) is 37.7 cm³/mol. The van der Waals surface area contributed by atoms with Gasteiger partial charge in [0.25, 0.3) is 0 Å². The maximum Gasteiger partial charge on any atom is 0.105 e. The zero-order valence-corrected chi connectivity index (χ0v) is 5.95. The van der Waals surface area contributed by atoms with Gasteiger partial charge in [0.1, 0.15) is 7.85 Å². The molecule has 48 valence electrons. The molecule has 0 aliphatic heterocycles. The van der Waals surface area contributed by atoms with E-state index in [0.29, 0.717) is 5.82 Å². The molecule has 0 aliphatic carbocycles. The van der Waals surface area contributed by atoms with Crippen LogP contribution in [0.1, 0.15) is 20.3 Å². The van der Waals surface area contributed by atoms with Crippen LogP contribution in [0.2, 0.25) is 5.82 Å². The van der Waals surface area contributed by atoms with Gasteiger partial charge < -0.3 is 0 Å². The van der Waals surface area contributed by atoms with Crippen molar-refractivity contribution < 1.29 is 4.39 Å². The van der Waals surface area contributed by atoms with E-state index in [1.54, 1.807) is 0 Å². The summed E-state index contributed by atoms with van der Waals surface area (Å²) in [7, 11) is 2.12. The van der Waals surface area contributed by atoms with Crippen molar-refractivity contribution in [2.45, 2.75) is 26.1 Å². The molecule has 2 atom stereocenters. The van der Waals surface area contributed by atoms with Crippen LogP contribution < -0.4 is 0 Å². The van der Waals surface area contributed by atoms with Crippen molar-refractivity contribution in [2.24, 2.45) is 5.92 Å². The van der Waals surface area contributed by atoms with Crippen molar-refractivity contribution in [2.75, 3.05) is 6.67 Å². The molecule has 0 aromatic rings. The van der Waals surface area contributed by atoms with E-state index in [0.717, 1.165) is 6.42 Å². The van der Waals surface area contributed by atoms with Gasteiger partial charge >= 0.3 is 0 Å². The van der Waals surface area contributed by atoms with E-state index in [-0.39, 0.29) is 12.6 Å². The Morgan fingerprint density at radius 2 is 2.00 bits per heavy atom. The highest BCUT2D eigenvalue weighted by molar-refractivity contribution is 6.11. The van der Waals surface area contributed by atoms with Crippen LogP contribution in [0.15, 0.2) is 0 Å². The highest BCUT2D eigenvalue weighted by Crippen LogP contribution is 2.12. The maximum atomic E-state index is 11.7. The van der Waals surface area contributed by atoms with Crippen LogP contribution in [0.3, 0.4) is 0 Å². The molecular weight excluding hydrogens is 102 g/mol. The van der Waals surface area contributed by atoms with E-state index in [4.69, 9.17) is 0 Å². The molecule has 0 fully saturated rings. The van der Waals surface area contributed by atoms with Crippen molar-refractivity contribution in [1.82, 2.24) is 0 Å². The molecule has 0 radical (unpaired) electrons. The average Bonchev–Trinajstić information content (AvgIpc) is 1.65. The first-order chi connectivity index (χ1) is 3.66. The Balaban J connectivity index is 3.10. The summed E-state index contributed by atoms with van der Waals surface area (Å²) in [5.41, 5.74) is 0. The summed E-state index contributed by atoms with van der Waals surface area (Å²) in [5, 5.41) is 0. The Hall–Kier alpha value is -0.00506. The second-order valence-corrected chi connectivity index (χ2v) is 2.89. The summed E-state index contributed by atoms with van der Waals surface area (Å²) in [6.07, 6.45) is 1.01. The topological polar surface area (TPSA) is 0 Å². The van der Waals surface area contributed by atoms with Gasteiger partial charge in [0.15, 0.2) is 0 Å². The zero-order valence-electron chi connectivity index (χ0n) is 5.95. The monoisotopic (exact) mass is 116 g/mol. The second-order valence-electron chi connectivity index (χ2n) is 2.89. The summed E-state index contributed by atoms with van der Waals surface area (Å²) in [5.74, 6) is 0.899. The minimum absolute atomic E-state index is 0.168. The van der Waals surface area contributed by atoms with Crippen LogP contribution in [0.25, 0.3) is 0 Å². The fourth-order valence-corrected chi connectivity index (χ4v) is 0.868. The number of alkyl halides is 1. The molecule has 0 bridgehead atoms. The number of hydrogen-bond donors (Lipinski definition) is 0. The molecule has 0 heterocycles. The Bertz CT molecular complexity index is 54.5. The van der Waals surface area contributed by atoms with Gasteiger partial charge in [0, 0.05) is 0 Å². The van der Waals surface area contributed by atoms with Gasteiger partial charge in [-0.05, 0) is 5.92 Å². The number of halogens is 1. The van der Waals surface area contributed by atoms with Crippen molar-refractivity contribution >= 4 is 7.85 Å². The minimum atomic E-state index is -0.168. The molecule has 0 N–H and O–H groups in total. The van der Waals surface area contributed by atoms with E-state index in [1.165, 1.54) is 0 Å². The zero-order chi connectivity index (χ0) is 6.57. The lowest BCUT2D eigenvalue weighted by Crippen LogP contribution is -1.99. The third-order valence-electron chi connectivity index (χ3n) is 1.14. The lowest BCUT2D eigenvalue weighted by Gasteiger charge is -2.07. The van der Waals surface area contributed by atoms with Crippen LogP contribution >= 0.6 is 0 Å². The largest absolute Gasteiger partial charge is 0.251 e. The van der Waals surface area contributed by atoms with Crippen LogP contribution in [0.4, 0.5) is 4.39 Å². The molecule has 0 spiro atoms. The van der Waals surface area contributed by atoms with Gasteiger partial charge in [0.2, 0.25) is 0 Å². The van der Waals surface area contributed by atoms with Crippen molar-refractivity contribution in [1.29, 1.82) is 0 Å². The van der Waals surface area contributed by atoms with Gasteiger partial charge in [0.05, 0.1) is 6.67 Å². The molecule has 0 aromatic heterocycles. The lowest BCUT2D eigenvalue weighted by atomic mass is 9.82. The van der Waals surface area contributed by atoms with Gasteiger partial charge in [-0.1, -0.05) is 26.1 Å². The van der Waals surface area contributed by atoms with E-state index in [2.05, 4.69) is 14.8 Å². The fraction of sp³-hybridized carbons (Fsp3) is 1.00. The molecule has 0 aliphatic rings. The molecule has 0 amide bonds. The first-order valence-corrected chi connectivity index (χ1v) is 3.22. The van der Waals surface area contributed by atoms with E-state index in [1.807, 2.05) is 6.92 Å².